The monoisotopic (exact) mass is 342 g/mol. The molecule has 6 nitrogen and oxygen atoms in total. The maximum Gasteiger partial charge on any atom is 0.222 e. The maximum absolute atomic E-state index is 12.5. The predicted octanol–water partition coefficient (Wildman–Crippen LogP) is 0.686. The minimum Gasteiger partial charge on any atom is -0.381 e. The minimum absolute atomic E-state index is 0.145. The third kappa shape index (κ3) is 3.03. The Morgan fingerprint density at radius 1 is 1.09 bits per heavy atom. The zero-order valence-corrected chi connectivity index (χ0v) is 14.3. The molecule has 0 N–H and O–H groups in total. The van der Waals surface area contributed by atoms with Crippen molar-refractivity contribution in [2.24, 2.45) is 17.8 Å². The summed E-state index contributed by atoms with van der Waals surface area (Å²) in [4.78, 5) is 14.4. The van der Waals surface area contributed by atoms with Gasteiger partial charge in [-0.15, -0.1) is 0 Å². The molecule has 4 fully saturated rings. The number of nitrogens with zero attached hydrogens (tertiary/aromatic N) is 2. The van der Waals surface area contributed by atoms with Crippen LogP contribution in [0, 0.1) is 17.8 Å². The van der Waals surface area contributed by atoms with E-state index in [1.54, 1.807) is 4.31 Å². The molecule has 0 aromatic rings. The van der Waals surface area contributed by atoms with E-state index >= 15 is 0 Å². The average Bonchev–Trinajstić information content (AvgIpc) is 3.08. The van der Waals surface area contributed by atoms with Gasteiger partial charge in [0.15, 0.2) is 0 Å². The first-order chi connectivity index (χ1) is 11.1. The van der Waals surface area contributed by atoms with Gasteiger partial charge in [-0.1, -0.05) is 0 Å². The van der Waals surface area contributed by atoms with Gasteiger partial charge in [0.05, 0.1) is 18.5 Å². The van der Waals surface area contributed by atoms with Crippen LogP contribution in [-0.2, 0) is 19.6 Å². The van der Waals surface area contributed by atoms with Gasteiger partial charge in [0.2, 0.25) is 15.9 Å². The number of sulfonamides is 1. The lowest BCUT2D eigenvalue weighted by molar-refractivity contribution is -0.133. The predicted molar refractivity (Wildman–Crippen MR) is 85.2 cm³/mol. The van der Waals surface area contributed by atoms with Crippen molar-refractivity contribution in [1.82, 2.24) is 9.21 Å². The lowest BCUT2D eigenvalue weighted by Gasteiger charge is -2.33. The smallest absolute Gasteiger partial charge is 0.222 e. The molecule has 3 aliphatic heterocycles. The highest BCUT2D eigenvalue weighted by Crippen LogP contribution is 2.40. The van der Waals surface area contributed by atoms with Crippen LogP contribution in [0.25, 0.3) is 0 Å². The van der Waals surface area contributed by atoms with Gasteiger partial charge in [0.25, 0.3) is 0 Å². The lowest BCUT2D eigenvalue weighted by atomic mass is 9.81. The molecule has 1 amide bonds. The zero-order valence-electron chi connectivity index (χ0n) is 13.5. The molecule has 1 saturated carbocycles. The number of likely N-dealkylation sites (tertiary alicyclic amines) is 1. The Balaban J connectivity index is 1.42. The van der Waals surface area contributed by atoms with Crippen LogP contribution >= 0.6 is 0 Å². The molecular weight excluding hydrogens is 316 g/mol. The third-order valence-electron chi connectivity index (χ3n) is 5.93. The van der Waals surface area contributed by atoms with E-state index < -0.39 is 10.0 Å². The quantitative estimate of drug-likeness (QED) is 0.754. The molecule has 7 heteroatoms. The Morgan fingerprint density at radius 2 is 1.83 bits per heavy atom. The molecule has 130 valence electrons. The highest BCUT2D eigenvalue weighted by atomic mass is 32.2. The topological polar surface area (TPSA) is 66.9 Å². The number of hydrogen-bond donors (Lipinski definition) is 0. The van der Waals surface area contributed by atoms with E-state index in [1.807, 2.05) is 4.90 Å². The standard InChI is InChI=1S/C16H26N2O4S/c19-16(17-5-1-2-6-17)7-12-10-22-11-13-8-18(9-15(12)13)23(20,21)14-3-4-14/h12-15H,1-11H2/t12-,13-,15+/m1/s1. The summed E-state index contributed by atoms with van der Waals surface area (Å²) in [6.07, 6.45) is 4.33. The third-order valence-corrected chi connectivity index (χ3v) is 8.26. The van der Waals surface area contributed by atoms with Crippen molar-refractivity contribution < 1.29 is 17.9 Å². The van der Waals surface area contributed by atoms with Crippen LogP contribution in [0.15, 0.2) is 0 Å². The van der Waals surface area contributed by atoms with Gasteiger partial charge < -0.3 is 9.64 Å². The van der Waals surface area contributed by atoms with Gasteiger partial charge in [0, 0.05) is 38.5 Å². The normalized spacial score (nSPS) is 35.5. The Labute approximate surface area is 138 Å². The highest BCUT2D eigenvalue weighted by molar-refractivity contribution is 7.90. The van der Waals surface area contributed by atoms with E-state index in [0.717, 1.165) is 38.8 Å². The second-order valence-electron chi connectivity index (χ2n) is 7.57. The largest absolute Gasteiger partial charge is 0.381 e. The van der Waals surface area contributed by atoms with Gasteiger partial charge in [-0.2, -0.15) is 0 Å². The van der Waals surface area contributed by atoms with Crippen molar-refractivity contribution in [2.45, 2.75) is 37.4 Å². The lowest BCUT2D eigenvalue weighted by Crippen LogP contribution is -2.39. The summed E-state index contributed by atoms with van der Waals surface area (Å²) in [6.45, 7) is 4.15. The summed E-state index contributed by atoms with van der Waals surface area (Å²) in [5, 5.41) is -0.145. The fraction of sp³-hybridized carbons (Fsp3) is 0.938. The number of fused-ring (bicyclic) bond motifs is 1. The number of ether oxygens (including phenoxy) is 1. The average molecular weight is 342 g/mol. The maximum atomic E-state index is 12.5. The minimum atomic E-state index is -3.11. The Kier molecular flexibility index (Phi) is 4.14. The molecule has 0 aromatic carbocycles. The van der Waals surface area contributed by atoms with E-state index in [2.05, 4.69) is 0 Å². The first-order valence-corrected chi connectivity index (χ1v) is 10.4. The van der Waals surface area contributed by atoms with Crippen LogP contribution in [0.2, 0.25) is 0 Å². The number of amides is 1. The summed E-state index contributed by atoms with van der Waals surface area (Å²) in [7, 11) is -3.11. The van der Waals surface area contributed by atoms with E-state index in [9.17, 15) is 13.2 Å². The van der Waals surface area contributed by atoms with Crippen molar-refractivity contribution in [1.29, 1.82) is 0 Å². The highest BCUT2D eigenvalue weighted by Gasteiger charge is 2.49. The molecule has 4 rings (SSSR count). The number of carbonyl (C=O) groups excluding carboxylic acids is 1. The first kappa shape index (κ1) is 15.8. The molecule has 0 bridgehead atoms. The molecule has 1 aliphatic carbocycles. The molecule has 0 aromatic heterocycles. The van der Waals surface area contributed by atoms with E-state index in [4.69, 9.17) is 4.74 Å². The van der Waals surface area contributed by atoms with Gasteiger partial charge in [0.1, 0.15) is 0 Å². The van der Waals surface area contributed by atoms with Crippen LogP contribution in [0.3, 0.4) is 0 Å². The number of carbonyl (C=O) groups is 1. The van der Waals surface area contributed by atoms with Crippen molar-refractivity contribution in [3.8, 4) is 0 Å². The molecule has 0 unspecified atom stereocenters. The van der Waals surface area contributed by atoms with Crippen molar-refractivity contribution in [3.05, 3.63) is 0 Å². The van der Waals surface area contributed by atoms with Gasteiger partial charge in [-0.25, -0.2) is 12.7 Å². The van der Waals surface area contributed by atoms with Gasteiger partial charge in [-0.3, -0.25) is 4.79 Å². The summed E-state index contributed by atoms with van der Waals surface area (Å²) in [5.74, 6) is 0.930. The second-order valence-corrected chi connectivity index (χ2v) is 9.79. The summed E-state index contributed by atoms with van der Waals surface area (Å²) >= 11 is 0. The molecule has 3 atom stereocenters. The van der Waals surface area contributed by atoms with Crippen LogP contribution in [0.5, 0.6) is 0 Å². The van der Waals surface area contributed by atoms with Crippen LogP contribution in [0.4, 0.5) is 0 Å². The number of rotatable bonds is 4. The van der Waals surface area contributed by atoms with Crippen LogP contribution in [-0.4, -0.2) is 68.2 Å². The number of hydrogen-bond acceptors (Lipinski definition) is 4. The summed E-state index contributed by atoms with van der Waals surface area (Å²) < 4.78 is 32.4. The fourth-order valence-electron chi connectivity index (χ4n) is 4.38. The van der Waals surface area contributed by atoms with E-state index in [0.29, 0.717) is 32.7 Å². The Hall–Kier alpha value is -0.660. The SMILES string of the molecule is O=C(C[C@@H]1COC[C@H]2CN(S(=O)(=O)C3CC3)C[C@@H]12)N1CCCC1. The van der Waals surface area contributed by atoms with E-state index in [-0.39, 0.29) is 28.9 Å². The molecule has 0 radical (unpaired) electrons. The first-order valence-electron chi connectivity index (χ1n) is 8.90. The molecular formula is C16H26N2O4S. The van der Waals surface area contributed by atoms with Crippen LogP contribution in [0.1, 0.15) is 32.1 Å². The molecule has 3 saturated heterocycles. The van der Waals surface area contributed by atoms with Gasteiger partial charge in [-0.05, 0) is 37.5 Å². The fourth-order valence-corrected chi connectivity index (χ4v) is 6.31. The summed E-state index contributed by atoms with van der Waals surface area (Å²) in [6, 6.07) is 0. The van der Waals surface area contributed by atoms with Crippen molar-refractivity contribution >= 4 is 15.9 Å². The second kappa shape index (κ2) is 6.01. The zero-order chi connectivity index (χ0) is 16.0. The van der Waals surface area contributed by atoms with Crippen molar-refractivity contribution in [2.75, 3.05) is 39.4 Å². The Morgan fingerprint density at radius 3 is 2.52 bits per heavy atom. The van der Waals surface area contributed by atoms with Crippen LogP contribution < -0.4 is 0 Å². The van der Waals surface area contributed by atoms with E-state index in [1.165, 1.54) is 0 Å². The molecule has 0 spiro atoms. The van der Waals surface area contributed by atoms with Crippen molar-refractivity contribution in [3.63, 3.8) is 0 Å². The van der Waals surface area contributed by atoms with Gasteiger partial charge >= 0.3 is 0 Å². The summed E-state index contributed by atoms with van der Waals surface area (Å²) in [5.41, 5.74) is 0. The molecule has 23 heavy (non-hydrogen) atoms. The molecule has 3 heterocycles. The Bertz CT molecular complexity index is 569. The molecule has 4 aliphatic rings.